The first-order chi connectivity index (χ1) is 7.24. The number of rotatable bonds is 6. The Morgan fingerprint density at radius 1 is 1.47 bits per heavy atom. The Kier molecular flexibility index (Phi) is 5.91. The standard InChI is InChI=1S/C11H16ClNOS/c1-2-13-7-4-8-15(14)11-6-3-5-10(12)9-11/h3,5-6,9,13H,2,4,7-8H2,1H3. The van der Waals surface area contributed by atoms with Crippen molar-refractivity contribution >= 4 is 22.4 Å². The fourth-order valence-corrected chi connectivity index (χ4v) is 2.62. The average molecular weight is 246 g/mol. The summed E-state index contributed by atoms with van der Waals surface area (Å²) in [5.74, 6) is 0.688. The fraction of sp³-hybridized carbons (Fsp3) is 0.455. The van der Waals surface area contributed by atoms with Crippen LogP contribution in [0.5, 0.6) is 0 Å². The van der Waals surface area contributed by atoms with Crippen LogP contribution in [0, 0.1) is 0 Å². The summed E-state index contributed by atoms with van der Waals surface area (Å²) in [6.45, 7) is 3.94. The van der Waals surface area contributed by atoms with E-state index in [1.807, 2.05) is 12.1 Å². The Labute approximate surface area is 98.5 Å². The van der Waals surface area contributed by atoms with Crippen molar-refractivity contribution in [1.82, 2.24) is 5.32 Å². The van der Waals surface area contributed by atoms with Crippen molar-refractivity contribution in [2.24, 2.45) is 0 Å². The van der Waals surface area contributed by atoms with Crippen LogP contribution in [-0.4, -0.2) is 23.1 Å². The van der Waals surface area contributed by atoms with E-state index in [-0.39, 0.29) is 0 Å². The smallest absolute Gasteiger partial charge is 0.0530 e. The number of nitrogens with one attached hydrogen (secondary N) is 1. The molecule has 1 aromatic carbocycles. The molecule has 1 atom stereocenters. The summed E-state index contributed by atoms with van der Waals surface area (Å²) in [4.78, 5) is 0.819. The van der Waals surface area contributed by atoms with Crippen LogP contribution in [0.2, 0.25) is 5.02 Å². The maximum Gasteiger partial charge on any atom is 0.0530 e. The van der Waals surface area contributed by atoms with Crippen molar-refractivity contribution < 1.29 is 4.21 Å². The first-order valence-electron chi connectivity index (χ1n) is 5.08. The van der Waals surface area contributed by atoms with Gasteiger partial charge in [-0.05, 0) is 37.7 Å². The third kappa shape index (κ3) is 4.78. The van der Waals surface area contributed by atoms with Crippen LogP contribution < -0.4 is 5.32 Å². The summed E-state index contributed by atoms with van der Waals surface area (Å²) in [6, 6.07) is 7.25. The molecule has 0 amide bonds. The molecule has 0 aliphatic rings. The molecule has 0 saturated carbocycles. The zero-order valence-electron chi connectivity index (χ0n) is 8.83. The predicted molar refractivity (Wildman–Crippen MR) is 65.9 cm³/mol. The maximum atomic E-state index is 11.8. The third-order valence-electron chi connectivity index (χ3n) is 1.99. The van der Waals surface area contributed by atoms with Crippen LogP contribution in [-0.2, 0) is 10.8 Å². The van der Waals surface area contributed by atoms with Crippen molar-refractivity contribution in [3.63, 3.8) is 0 Å². The lowest BCUT2D eigenvalue weighted by Gasteiger charge is -2.03. The molecule has 0 fully saturated rings. The zero-order chi connectivity index (χ0) is 11.1. The molecule has 0 saturated heterocycles. The van der Waals surface area contributed by atoms with Gasteiger partial charge in [0.25, 0.3) is 0 Å². The summed E-state index contributed by atoms with van der Waals surface area (Å²) < 4.78 is 11.8. The zero-order valence-corrected chi connectivity index (χ0v) is 10.4. The number of hydrogen-bond donors (Lipinski definition) is 1. The lowest BCUT2D eigenvalue weighted by molar-refractivity contribution is 0.670. The molecule has 1 N–H and O–H groups in total. The van der Waals surface area contributed by atoms with Crippen LogP contribution in [0.15, 0.2) is 29.2 Å². The van der Waals surface area contributed by atoms with E-state index in [0.29, 0.717) is 10.8 Å². The number of benzene rings is 1. The lowest BCUT2D eigenvalue weighted by Crippen LogP contribution is -2.16. The molecule has 4 heteroatoms. The molecule has 15 heavy (non-hydrogen) atoms. The summed E-state index contributed by atoms with van der Waals surface area (Å²) in [5.41, 5.74) is 0. The Hall–Kier alpha value is -0.380. The van der Waals surface area contributed by atoms with Gasteiger partial charge in [0.05, 0.1) is 10.8 Å². The molecular weight excluding hydrogens is 230 g/mol. The minimum absolute atomic E-state index is 0.646. The van der Waals surface area contributed by atoms with Crippen molar-refractivity contribution in [2.75, 3.05) is 18.8 Å². The fourth-order valence-electron chi connectivity index (χ4n) is 1.23. The Morgan fingerprint density at radius 2 is 2.27 bits per heavy atom. The van der Waals surface area contributed by atoms with Crippen molar-refractivity contribution in [3.05, 3.63) is 29.3 Å². The van der Waals surface area contributed by atoms with E-state index in [4.69, 9.17) is 11.6 Å². The lowest BCUT2D eigenvalue weighted by atomic mass is 10.4. The normalized spacial score (nSPS) is 12.7. The van der Waals surface area contributed by atoms with Crippen molar-refractivity contribution in [1.29, 1.82) is 0 Å². The molecule has 0 aliphatic heterocycles. The number of halogens is 1. The number of hydrogen-bond acceptors (Lipinski definition) is 2. The average Bonchev–Trinajstić information content (AvgIpc) is 2.24. The Morgan fingerprint density at radius 3 is 2.93 bits per heavy atom. The van der Waals surface area contributed by atoms with Crippen LogP contribution in [0.25, 0.3) is 0 Å². The van der Waals surface area contributed by atoms with Gasteiger partial charge in [-0.2, -0.15) is 0 Å². The van der Waals surface area contributed by atoms with Gasteiger partial charge in [-0.1, -0.05) is 24.6 Å². The molecule has 0 radical (unpaired) electrons. The van der Waals surface area contributed by atoms with Crippen molar-refractivity contribution in [3.8, 4) is 0 Å². The summed E-state index contributed by atoms with van der Waals surface area (Å²) in [5, 5.41) is 3.85. The quantitative estimate of drug-likeness (QED) is 0.780. The molecule has 1 unspecified atom stereocenters. The van der Waals surface area contributed by atoms with Gasteiger partial charge in [-0.3, -0.25) is 4.21 Å². The van der Waals surface area contributed by atoms with Gasteiger partial charge in [0.15, 0.2) is 0 Å². The Bertz CT molecular complexity index is 330. The molecular formula is C11H16ClNOS. The molecule has 0 spiro atoms. The topological polar surface area (TPSA) is 29.1 Å². The second kappa shape index (κ2) is 6.99. The largest absolute Gasteiger partial charge is 0.317 e. The van der Waals surface area contributed by atoms with Gasteiger partial charge >= 0.3 is 0 Å². The predicted octanol–water partition coefficient (Wildman–Crippen LogP) is 2.45. The van der Waals surface area contributed by atoms with E-state index in [1.54, 1.807) is 12.1 Å². The highest BCUT2D eigenvalue weighted by atomic mass is 35.5. The summed E-state index contributed by atoms with van der Waals surface area (Å²) in [7, 11) is -0.922. The second-order valence-electron chi connectivity index (χ2n) is 3.21. The molecule has 1 aromatic rings. The maximum absolute atomic E-state index is 11.8. The molecule has 0 bridgehead atoms. The van der Waals surface area contributed by atoms with E-state index in [1.165, 1.54) is 0 Å². The second-order valence-corrected chi connectivity index (χ2v) is 5.22. The minimum Gasteiger partial charge on any atom is -0.317 e. The van der Waals surface area contributed by atoms with Gasteiger partial charge in [-0.25, -0.2) is 0 Å². The highest BCUT2D eigenvalue weighted by Crippen LogP contribution is 2.14. The van der Waals surface area contributed by atoms with Gasteiger partial charge in [-0.15, -0.1) is 0 Å². The van der Waals surface area contributed by atoms with Crippen molar-refractivity contribution in [2.45, 2.75) is 18.2 Å². The van der Waals surface area contributed by atoms with Gasteiger partial charge in [0.2, 0.25) is 0 Å². The Balaban J connectivity index is 2.40. The summed E-state index contributed by atoms with van der Waals surface area (Å²) in [6.07, 6.45) is 0.924. The van der Waals surface area contributed by atoms with E-state index < -0.39 is 10.8 Å². The first-order valence-corrected chi connectivity index (χ1v) is 6.78. The van der Waals surface area contributed by atoms with Gasteiger partial charge < -0.3 is 5.32 Å². The molecule has 0 heterocycles. The van der Waals surface area contributed by atoms with Crippen LogP contribution in [0.1, 0.15) is 13.3 Å². The van der Waals surface area contributed by atoms with Crippen LogP contribution >= 0.6 is 11.6 Å². The van der Waals surface area contributed by atoms with Crippen LogP contribution in [0.4, 0.5) is 0 Å². The van der Waals surface area contributed by atoms with E-state index in [9.17, 15) is 4.21 Å². The third-order valence-corrected chi connectivity index (χ3v) is 3.67. The first kappa shape index (κ1) is 12.7. The molecule has 0 aromatic heterocycles. The highest BCUT2D eigenvalue weighted by Gasteiger charge is 2.03. The highest BCUT2D eigenvalue weighted by molar-refractivity contribution is 7.85. The minimum atomic E-state index is -0.922. The molecule has 0 aliphatic carbocycles. The molecule has 2 nitrogen and oxygen atoms in total. The SMILES string of the molecule is CCNCCCS(=O)c1cccc(Cl)c1. The van der Waals surface area contributed by atoms with Gasteiger partial charge in [0.1, 0.15) is 0 Å². The van der Waals surface area contributed by atoms with E-state index in [0.717, 1.165) is 24.4 Å². The van der Waals surface area contributed by atoms with E-state index in [2.05, 4.69) is 12.2 Å². The monoisotopic (exact) mass is 245 g/mol. The summed E-state index contributed by atoms with van der Waals surface area (Å²) >= 11 is 5.83. The van der Waals surface area contributed by atoms with Gasteiger partial charge in [0, 0.05) is 15.7 Å². The molecule has 1 rings (SSSR count). The van der Waals surface area contributed by atoms with Crippen LogP contribution in [0.3, 0.4) is 0 Å². The molecule has 84 valence electrons. The van der Waals surface area contributed by atoms with E-state index >= 15 is 0 Å².